The molecular formula is C16H20BrNO3. The maximum Gasteiger partial charge on any atom is 0.254 e. The summed E-state index contributed by atoms with van der Waals surface area (Å²) in [5.41, 5.74) is 1.94. The molecule has 0 spiro atoms. The number of carbonyl (C=O) groups excluding carboxylic acids is 1. The van der Waals surface area contributed by atoms with Crippen molar-refractivity contribution in [3.63, 3.8) is 0 Å². The van der Waals surface area contributed by atoms with Gasteiger partial charge in [-0.25, -0.2) is 0 Å². The minimum absolute atomic E-state index is 0.0816. The highest BCUT2D eigenvalue weighted by Gasteiger charge is 2.24. The maximum atomic E-state index is 12.4. The van der Waals surface area contributed by atoms with Crippen molar-refractivity contribution in [2.24, 2.45) is 0 Å². The van der Waals surface area contributed by atoms with Gasteiger partial charge in [0.05, 0.1) is 6.61 Å². The van der Waals surface area contributed by atoms with E-state index in [9.17, 15) is 4.79 Å². The van der Waals surface area contributed by atoms with Gasteiger partial charge in [0, 0.05) is 29.7 Å². The van der Waals surface area contributed by atoms with E-state index >= 15 is 0 Å². The molecule has 114 valence electrons. The van der Waals surface area contributed by atoms with Crippen LogP contribution in [-0.2, 0) is 15.9 Å². The maximum absolute atomic E-state index is 12.4. The molecule has 2 aliphatic rings. The van der Waals surface area contributed by atoms with Crippen molar-refractivity contribution in [1.82, 2.24) is 4.90 Å². The molecule has 0 unspecified atom stereocenters. The van der Waals surface area contributed by atoms with Crippen molar-refractivity contribution in [3.8, 4) is 0 Å². The number of halogens is 1. The van der Waals surface area contributed by atoms with Crippen LogP contribution in [0.4, 0.5) is 0 Å². The van der Waals surface area contributed by atoms with E-state index in [0.717, 1.165) is 54.4 Å². The monoisotopic (exact) mass is 353 g/mol. The highest BCUT2D eigenvalue weighted by atomic mass is 79.9. The van der Waals surface area contributed by atoms with Gasteiger partial charge in [-0.05, 0) is 49.4 Å². The van der Waals surface area contributed by atoms with Gasteiger partial charge in [0.15, 0.2) is 6.29 Å². The van der Waals surface area contributed by atoms with Crippen LogP contribution >= 0.6 is 15.9 Å². The molecule has 0 radical (unpaired) electrons. The average Bonchev–Trinajstić information content (AvgIpc) is 2.50. The lowest BCUT2D eigenvalue weighted by atomic mass is 9.99. The summed E-state index contributed by atoms with van der Waals surface area (Å²) in [4.78, 5) is 14.3. The summed E-state index contributed by atoms with van der Waals surface area (Å²) in [5, 5.41) is 0. The summed E-state index contributed by atoms with van der Waals surface area (Å²) >= 11 is 3.45. The van der Waals surface area contributed by atoms with Crippen LogP contribution in [0, 0.1) is 0 Å². The summed E-state index contributed by atoms with van der Waals surface area (Å²) in [7, 11) is 0. The Kier molecular flexibility index (Phi) is 4.93. The fourth-order valence-electron chi connectivity index (χ4n) is 2.86. The average molecular weight is 354 g/mol. The van der Waals surface area contributed by atoms with E-state index in [1.54, 1.807) is 0 Å². The minimum atomic E-state index is -0.0816. The quantitative estimate of drug-likeness (QED) is 0.835. The summed E-state index contributed by atoms with van der Waals surface area (Å²) in [5.74, 6) is 0.108. The van der Waals surface area contributed by atoms with E-state index in [0.29, 0.717) is 13.2 Å². The second kappa shape index (κ2) is 6.90. The van der Waals surface area contributed by atoms with E-state index in [1.165, 1.54) is 0 Å². The van der Waals surface area contributed by atoms with Crippen LogP contribution in [0.25, 0.3) is 0 Å². The zero-order chi connectivity index (χ0) is 14.7. The first-order valence-corrected chi connectivity index (χ1v) is 8.34. The highest BCUT2D eigenvalue weighted by Crippen LogP contribution is 2.23. The summed E-state index contributed by atoms with van der Waals surface area (Å²) in [6.07, 6.45) is 4.07. The number of nitrogens with zero attached hydrogens (tertiary/aromatic N) is 1. The zero-order valence-corrected chi connectivity index (χ0v) is 13.6. The topological polar surface area (TPSA) is 38.8 Å². The lowest BCUT2D eigenvalue weighted by molar-refractivity contribution is -0.163. The van der Waals surface area contributed by atoms with Crippen LogP contribution in [0.1, 0.15) is 35.2 Å². The van der Waals surface area contributed by atoms with Crippen molar-refractivity contribution < 1.29 is 14.3 Å². The molecule has 0 saturated carbocycles. The van der Waals surface area contributed by atoms with Crippen LogP contribution in [-0.4, -0.2) is 43.4 Å². The third-order valence-electron chi connectivity index (χ3n) is 4.04. The van der Waals surface area contributed by atoms with Crippen molar-refractivity contribution in [2.75, 3.05) is 26.3 Å². The molecule has 0 N–H and O–H groups in total. The molecule has 1 aromatic carbocycles. The minimum Gasteiger partial charge on any atom is -0.353 e. The lowest BCUT2D eigenvalue weighted by Gasteiger charge is -2.30. The van der Waals surface area contributed by atoms with Crippen LogP contribution in [0.2, 0.25) is 0 Å². The van der Waals surface area contributed by atoms with E-state index < -0.39 is 0 Å². The molecule has 1 atom stereocenters. The fraction of sp³-hybridized carbons (Fsp3) is 0.562. The standard InChI is InChI=1S/C16H20BrNO3/c17-13-4-5-14-12(11-13)6-7-18(16(14)19)8-10-21-15-3-1-2-9-20-15/h4-5,11,15H,1-3,6-10H2/t15-/m1/s1. The molecule has 2 heterocycles. The third-order valence-corrected chi connectivity index (χ3v) is 4.53. The summed E-state index contributed by atoms with van der Waals surface area (Å²) in [6.45, 7) is 2.73. The Morgan fingerprint density at radius 3 is 3.10 bits per heavy atom. The van der Waals surface area contributed by atoms with Crippen LogP contribution < -0.4 is 0 Å². The Morgan fingerprint density at radius 1 is 1.38 bits per heavy atom. The molecule has 21 heavy (non-hydrogen) atoms. The SMILES string of the molecule is O=C1c2ccc(Br)cc2CCN1CCO[C@@H]1CCCCO1. The van der Waals surface area contributed by atoms with Gasteiger partial charge in [0.1, 0.15) is 0 Å². The van der Waals surface area contributed by atoms with Crippen LogP contribution in [0.5, 0.6) is 0 Å². The van der Waals surface area contributed by atoms with Crippen molar-refractivity contribution in [3.05, 3.63) is 33.8 Å². The second-order valence-electron chi connectivity index (χ2n) is 5.51. The van der Waals surface area contributed by atoms with Gasteiger partial charge in [-0.1, -0.05) is 15.9 Å². The molecule has 0 bridgehead atoms. The van der Waals surface area contributed by atoms with Gasteiger partial charge in [-0.2, -0.15) is 0 Å². The first kappa shape index (κ1) is 15.0. The number of benzene rings is 1. The van der Waals surface area contributed by atoms with E-state index in [4.69, 9.17) is 9.47 Å². The Morgan fingerprint density at radius 2 is 2.29 bits per heavy atom. The Bertz CT molecular complexity index is 514. The number of hydrogen-bond acceptors (Lipinski definition) is 3. The van der Waals surface area contributed by atoms with Gasteiger partial charge < -0.3 is 14.4 Å². The molecule has 1 amide bonds. The predicted octanol–water partition coefficient (Wildman–Crippen LogP) is 2.99. The van der Waals surface area contributed by atoms with Crippen LogP contribution in [0.3, 0.4) is 0 Å². The molecule has 1 aromatic rings. The molecule has 3 rings (SSSR count). The Hall–Kier alpha value is -0.910. The summed E-state index contributed by atoms with van der Waals surface area (Å²) < 4.78 is 12.3. The molecule has 4 nitrogen and oxygen atoms in total. The van der Waals surface area contributed by atoms with Gasteiger partial charge in [0.25, 0.3) is 5.91 Å². The van der Waals surface area contributed by atoms with E-state index in [2.05, 4.69) is 15.9 Å². The van der Waals surface area contributed by atoms with Crippen molar-refractivity contribution >= 4 is 21.8 Å². The number of carbonyl (C=O) groups is 1. The van der Waals surface area contributed by atoms with Crippen molar-refractivity contribution in [2.45, 2.75) is 32.0 Å². The van der Waals surface area contributed by atoms with Gasteiger partial charge in [0.2, 0.25) is 0 Å². The Labute approximate surface area is 133 Å². The normalized spacial score (nSPS) is 22.2. The number of rotatable bonds is 4. The highest BCUT2D eigenvalue weighted by molar-refractivity contribution is 9.10. The van der Waals surface area contributed by atoms with Crippen LogP contribution in [0.15, 0.2) is 22.7 Å². The zero-order valence-electron chi connectivity index (χ0n) is 12.0. The molecule has 1 fully saturated rings. The number of amides is 1. The second-order valence-corrected chi connectivity index (χ2v) is 6.43. The number of fused-ring (bicyclic) bond motifs is 1. The fourth-order valence-corrected chi connectivity index (χ4v) is 3.26. The third kappa shape index (κ3) is 3.65. The molecule has 2 aliphatic heterocycles. The van der Waals surface area contributed by atoms with E-state index in [-0.39, 0.29) is 12.2 Å². The molecular weight excluding hydrogens is 334 g/mol. The van der Waals surface area contributed by atoms with Crippen molar-refractivity contribution in [1.29, 1.82) is 0 Å². The largest absolute Gasteiger partial charge is 0.353 e. The number of ether oxygens (including phenoxy) is 2. The Balaban J connectivity index is 1.53. The van der Waals surface area contributed by atoms with Gasteiger partial charge >= 0.3 is 0 Å². The molecule has 5 heteroatoms. The van der Waals surface area contributed by atoms with E-state index in [1.807, 2.05) is 23.1 Å². The molecule has 0 aliphatic carbocycles. The number of hydrogen-bond donors (Lipinski definition) is 0. The van der Waals surface area contributed by atoms with Gasteiger partial charge in [-0.3, -0.25) is 4.79 Å². The predicted molar refractivity (Wildman–Crippen MR) is 83.3 cm³/mol. The molecule has 0 aromatic heterocycles. The lowest BCUT2D eigenvalue weighted by Crippen LogP contribution is -2.40. The first-order valence-electron chi connectivity index (χ1n) is 7.55. The molecule has 1 saturated heterocycles. The van der Waals surface area contributed by atoms with Gasteiger partial charge in [-0.15, -0.1) is 0 Å². The summed E-state index contributed by atoms with van der Waals surface area (Å²) in [6, 6.07) is 5.86. The first-order chi connectivity index (χ1) is 10.2. The smallest absolute Gasteiger partial charge is 0.254 e.